The summed E-state index contributed by atoms with van der Waals surface area (Å²) in [5.74, 6) is -0.967. The number of rotatable bonds is 4. The number of nitrogens with zero attached hydrogens (tertiary/aromatic N) is 2. The average Bonchev–Trinajstić information content (AvgIpc) is 2.67. The third-order valence-electron chi connectivity index (χ3n) is 5.81. The van der Waals surface area contributed by atoms with Gasteiger partial charge in [0.25, 0.3) is 0 Å². The largest absolute Gasteiger partial charge is 0.464 e. The SMILES string of the molecule is COC(=O)c1ccc2ncc(F)c(CCC34CCC(N)(CC3)CO4)c2n1. The summed E-state index contributed by atoms with van der Waals surface area (Å²) in [7, 11) is 1.29. The van der Waals surface area contributed by atoms with Gasteiger partial charge in [0.05, 0.1) is 36.5 Å². The lowest BCUT2D eigenvalue weighted by Crippen LogP contribution is -2.59. The number of aryl methyl sites for hydroxylation is 1. The van der Waals surface area contributed by atoms with Gasteiger partial charge in [-0.15, -0.1) is 0 Å². The standard InChI is InChI=1S/C19H22FN3O3/c1-25-17(24)15-3-2-14-16(23-15)12(13(20)10-22-14)4-5-19-8-6-18(21,7-9-19)11-26-19/h2-3,10H,4-9,11,21H2,1H3. The molecule has 3 fully saturated rings. The van der Waals surface area contributed by atoms with Crippen LogP contribution in [0.1, 0.15) is 48.2 Å². The summed E-state index contributed by atoms with van der Waals surface area (Å²) in [6.07, 6.45) is 6.06. The van der Waals surface area contributed by atoms with Crippen LogP contribution in [0.15, 0.2) is 18.3 Å². The van der Waals surface area contributed by atoms with Gasteiger partial charge in [0.1, 0.15) is 11.5 Å². The lowest BCUT2D eigenvalue weighted by atomic mass is 9.70. The van der Waals surface area contributed by atoms with Gasteiger partial charge in [-0.3, -0.25) is 4.98 Å². The molecule has 0 spiro atoms. The predicted octanol–water partition coefficient (Wildman–Crippen LogP) is 2.53. The summed E-state index contributed by atoms with van der Waals surface area (Å²) in [6.45, 7) is 0.567. The molecule has 1 aliphatic carbocycles. The van der Waals surface area contributed by atoms with Crippen LogP contribution in [-0.2, 0) is 15.9 Å². The highest BCUT2D eigenvalue weighted by Gasteiger charge is 2.47. The Bertz CT molecular complexity index is 846. The van der Waals surface area contributed by atoms with Crippen LogP contribution in [0.3, 0.4) is 0 Å². The van der Waals surface area contributed by atoms with Crippen LogP contribution in [0.5, 0.6) is 0 Å². The molecule has 2 aliphatic heterocycles. The maximum absolute atomic E-state index is 14.5. The summed E-state index contributed by atoms with van der Waals surface area (Å²) >= 11 is 0. The van der Waals surface area contributed by atoms with E-state index >= 15 is 0 Å². The van der Waals surface area contributed by atoms with Crippen molar-refractivity contribution in [3.63, 3.8) is 0 Å². The van der Waals surface area contributed by atoms with E-state index in [4.69, 9.17) is 15.2 Å². The molecule has 5 rings (SSSR count). The number of halogens is 1. The molecule has 0 atom stereocenters. The third-order valence-corrected chi connectivity index (χ3v) is 5.81. The maximum atomic E-state index is 14.5. The van der Waals surface area contributed by atoms with Crippen molar-refractivity contribution in [1.82, 2.24) is 9.97 Å². The van der Waals surface area contributed by atoms with Gasteiger partial charge < -0.3 is 15.2 Å². The highest BCUT2D eigenvalue weighted by Crippen LogP contribution is 2.44. The molecule has 0 radical (unpaired) electrons. The zero-order chi connectivity index (χ0) is 18.4. The van der Waals surface area contributed by atoms with E-state index in [0.717, 1.165) is 25.7 Å². The number of carbonyl (C=O) groups is 1. The number of fused-ring (bicyclic) bond motifs is 4. The van der Waals surface area contributed by atoms with Gasteiger partial charge in [-0.2, -0.15) is 0 Å². The fraction of sp³-hybridized carbons (Fsp3) is 0.526. The number of hydrogen-bond acceptors (Lipinski definition) is 6. The molecule has 3 aliphatic rings. The van der Waals surface area contributed by atoms with Crippen LogP contribution in [-0.4, -0.2) is 40.8 Å². The molecule has 0 unspecified atom stereocenters. The summed E-state index contributed by atoms with van der Waals surface area (Å²) in [6, 6.07) is 3.20. The number of carbonyl (C=O) groups excluding carboxylic acids is 1. The molecule has 2 bridgehead atoms. The van der Waals surface area contributed by atoms with Gasteiger partial charge in [-0.25, -0.2) is 14.2 Å². The quantitative estimate of drug-likeness (QED) is 0.844. The minimum Gasteiger partial charge on any atom is -0.464 e. The highest BCUT2D eigenvalue weighted by atomic mass is 19.1. The highest BCUT2D eigenvalue weighted by molar-refractivity contribution is 5.90. The molecule has 2 aromatic heterocycles. The second kappa shape index (κ2) is 6.25. The van der Waals surface area contributed by atoms with Crippen molar-refractivity contribution >= 4 is 17.0 Å². The second-order valence-corrected chi connectivity index (χ2v) is 7.47. The monoisotopic (exact) mass is 359 g/mol. The smallest absolute Gasteiger partial charge is 0.356 e. The summed E-state index contributed by atoms with van der Waals surface area (Å²) in [4.78, 5) is 20.1. The van der Waals surface area contributed by atoms with Gasteiger partial charge in [-0.1, -0.05) is 0 Å². The van der Waals surface area contributed by atoms with E-state index in [0.29, 0.717) is 36.0 Å². The molecule has 0 aromatic carbocycles. The number of esters is 1. The summed E-state index contributed by atoms with van der Waals surface area (Å²) in [5, 5.41) is 0. The Morgan fingerprint density at radius 3 is 2.77 bits per heavy atom. The van der Waals surface area contributed by atoms with E-state index in [1.807, 2.05) is 0 Å². The second-order valence-electron chi connectivity index (χ2n) is 7.47. The van der Waals surface area contributed by atoms with Gasteiger partial charge in [-0.05, 0) is 50.7 Å². The Hall–Kier alpha value is -2.12. The van der Waals surface area contributed by atoms with E-state index in [2.05, 4.69) is 9.97 Å². The summed E-state index contributed by atoms with van der Waals surface area (Å²) < 4.78 is 25.3. The molecule has 6 nitrogen and oxygen atoms in total. The molecular weight excluding hydrogens is 337 g/mol. The van der Waals surface area contributed by atoms with Crippen LogP contribution < -0.4 is 5.73 Å². The van der Waals surface area contributed by atoms with Crippen LogP contribution in [0.2, 0.25) is 0 Å². The number of aromatic nitrogens is 2. The fourth-order valence-corrected chi connectivity index (χ4v) is 4.02. The maximum Gasteiger partial charge on any atom is 0.356 e. The first-order valence-corrected chi connectivity index (χ1v) is 8.89. The van der Waals surface area contributed by atoms with E-state index in [1.165, 1.54) is 19.4 Å². The van der Waals surface area contributed by atoms with E-state index < -0.39 is 11.8 Å². The van der Waals surface area contributed by atoms with Crippen LogP contribution in [0, 0.1) is 5.82 Å². The Morgan fingerprint density at radius 2 is 2.12 bits per heavy atom. The lowest BCUT2D eigenvalue weighted by molar-refractivity contribution is -0.156. The molecule has 26 heavy (non-hydrogen) atoms. The third kappa shape index (κ3) is 2.95. The van der Waals surface area contributed by atoms with Crippen molar-refractivity contribution in [2.24, 2.45) is 5.73 Å². The van der Waals surface area contributed by atoms with E-state index in [1.54, 1.807) is 6.07 Å². The molecule has 7 heteroatoms. The first kappa shape index (κ1) is 17.3. The number of pyridine rings is 2. The minimum absolute atomic E-state index is 0.145. The molecule has 138 valence electrons. The predicted molar refractivity (Wildman–Crippen MR) is 93.2 cm³/mol. The van der Waals surface area contributed by atoms with Crippen LogP contribution in [0.4, 0.5) is 4.39 Å². The minimum atomic E-state index is -0.553. The number of ether oxygens (including phenoxy) is 2. The van der Waals surface area contributed by atoms with Crippen molar-refractivity contribution < 1.29 is 18.7 Å². The molecular formula is C19H22FN3O3. The van der Waals surface area contributed by atoms with E-state index in [9.17, 15) is 9.18 Å². The van der Waals surface area contributed by atoms with Gasteiger partial charge >= 0.3 is 5.97 Å². The van der Waals surface area contributed by atoms with Crippen LogP contribution in [0.25, 0.3) is 11.0 Å². The number of hydrogen-bond donors (Lipinski definition) is 1. The fourth-order valence-electron chi connectivity index (χ4n) is 4.02. The summed E-state index contributed by atoms with van der Waals surface area (Å²) in [5.41, 5.74) is 7.43. The molecule has 0 amide bonds. The number of nitrogens with two attached hydrogens (primary N) is 1. The van der Waals surface area contributed by atoms with Crippen molar-refractivity contribution in [1.29, 1.82) is 0 Å². The molecule has 4 heterocycles. The Labute approximate surface area is 150 Å². The van der Waals surface area contributed by atoms with Crippen molar-refractivity contribution in [2.45, 2.75) is 49.7 Å². The average molecular weight is 359 g/mol. The van der Waals surface area contributed by atoms with Crippen molar-refractivity contribution in [3.8, 4) is 0 Å². The topological polar surface area (TPSA) is 87.3 Å². The zero-order valence-corrected chi connectivity index (χ0v) is 14.8. The first-order valence-electron chi connectivity index (χ1n) is 8.89. The van der Waals surface area contributed by atoms with Crippen molar-refractivity contribution in [3.05, 3.63) is 35.4 Å². The first-order chi connectivity index (χ1) is 12.4. The molecule has 2 saturated heterocycles. The van der Waals surface area contributed by atoms with E-state index in [-0.39, 0.29) is 16.8 Å². The Kier molecular flexibility index (Phi) is 4.16. The van der Waals surface area contributed by atoms with Gasteiger partial charge in [0.15, 0.2) is 0 Å². The number of methoxy groups -OCH3 is 1. The molecule has 2 aromatic rings. The lowest BCUT2D eigenvalue weighted by Gasteiger charge is -2.51. The van der Waals surface area contributed by atoms with Gasteiger partial charge in [0.2, 0.25) is 0 Å². The molecule has 1 saturated carbocycles. The van der Waals surface area contributed by atoms with Gasteiger partial charge in [0, 0.05) is 11.1 Å². The zero-order valence-electron chi connectivity index (χ0n) is 14.8. The van der Waals surface area contributed by atoms with Crippen molar-refractivity contribution in [2.75, 3.05) is 13.7 Å². The Morgan fingerprint density at radius 1 is 1.35 bits per heavy atom. The normalized spacial score (nSPS) is 27.7. The van der Waals surface area contributed by atoms with Crippen LogP contribution >= 0.6 is 0 Å². The Balaban J connectivity index is 1.63. The molecule has 2 N–H and O–H groups in total.